The summed E-state index contributed by atoms with van der Waals surface area (Å²) in [4.78, 5) is 23.6. The molecule has 2 aliphatic heterocycles. The maximum absolute atomic E-state index is 12.1. The van der Waals surface area contributed by atoms with E-state index in [-0.39, 0.29) is 12.0 Å². The van der Waals surface area contributed by atoms with Gasteiger partial charge >= 0.3 is 6.09 Å². The third kappa shape index (κ3) is 8.36. The zero-order chi connectivity index (χ0) is 35.5. The van der Waals surface area contributed by atoms with E-state index in [2.05, 4.69) is 73.6 Å². The van der Waals surface area contributed by atoms with Gasteiger partial charge in [-0.15, -0.1) is 0 Å². The number of amides is 1. The lowest BCUT2D eigenvalue weighted by Crippen LogP contribution is -2.40. The maximum Gasteiger partial charge on any atom is 0.409 e. The van der Waals surface area contributed by atoms with Crippen molar-refractivity contribution in [2.75, 3.05) is 32.8 Å². The van der Waals surface area contributed by atoms with Crippen LogP contribution in [-0.2, 0) is 30.4 Å². The number of hydrogen-bond donors (Lipinski definition) is 1. The number of aromatic nitrogens is 2. The Labute approximate surface area is 328 Å². The smallest absolute Gasteiger partial charge is 0.409 e. The van der Waals surface area contributed by atoms with Gasteiger partial charge in [-0.2, -0.15) is 0 Å². The van der Waals surface area contributed by atoms with Crippen LogP contribution in [0.25, 0.3) is 0 Å². The van der Waals surface area contributed by atoms with Gasteiger partial charge in [-0.3, -0.25) is 9.97 Å². The van der Waals surface area contributed by atoms with Crippen molar-refractivity contribution < 1.29 is 9.53 Å². The molecule has 8 rings (SSSR count). The van der Waals surface area contributed by atoms with Crippen molar-refractivity contribution in [3.05, 3.63) is 125 Å². The number of carbonyl (C=O) groups is 1. The molecule has 51 heavy (non-hydrogen) atoms. The second kappa shape index (κ2) is 16.7. The first kappa shape index (κ1) is 36.9. The Morgan fingerprint density at radius 1 is 0.745 bits per heavy atom. The lowest BCUT2D eigenvalue weighted by molar-refractivity contribution is 0.0900. The molecule has 2 atom stereocenters. The molecule has 10 heteroatoms. The number of ether oxygens (including phenoxy) is 1. The van der Waals surface area contributed by atoms with Gasteiger partial charge in [0.25, 0.3) is 0 Å². The third-order valence-electron chi connectivity index (χ3n) is 11.1. The van der Waals surface area contributed by atoms with Crippen molar-refractivity contribution in [1.29, 1.82) is 0 Å². The topological polar surface area (TPSA) is 67.3 Å². The lowest BCUT2D eigenvalue weighted by atomic mass is 9.76. The predicted octanol–water partition coefficient (Wildman–Crippen LogP) is 10.3. The molecule has 4 aliphatic rings. The van der Waals surface area contributed by atoms with Gasteiger partial charge in [0.1, 0.15) is 0 Å². The lowest BCUT2D eigenvalue weighted by Gasteiger charge is -2.36. The van der Waals surface area contributed by atoms with E-state index in [0.717, 1.165) is 83.7 Å². The highest BCUT2D eigenvalue weighted by Gasteiger charge is 2.36. The van der Waals surface area contributed by atoms with Gasteiger partial charge < -0.3 is 15.0 Å². The van der Waals surface area contributed by atoms with E-state index in [4.69, 9.17) is 37.9 Å². The van der Waals surface area contributed by atoms with E-state index in [1.54, 1.807) is 0 Å². The van der Waals surface area contributed by atoms with E-state index in [1.165, 1.54) is 57.6 Å². The molecule has 1 N–H and O–H groups in total. The van der Waals surface area contributed by atoms with Gasteiger partial charge in [-0.25, -0.2) is 4.79 Å². The number of pyridine rings is 2. The molecular formula is C41H44Br2Cl2N4O2. The number of benzene rings is 2. The van der Waals surface area contributed by atoms with Gasteiger partial charge in [0.2, 0.25) is 0 Å². The Morgan fingerprint density at radius 3 is 1.71 bits per heavy atom. The summed E-state index contributed by atoms with van der Waals surface area (Å²) >= 11 is 19.7. The highest BCUT2D eigenvalue weighted by molar-refractivity contribution is 9.10. The third-order valence-corrected chi connectivity index (χ3v) is 12.5. The second-order valence-corrected chi connectivity index (χ2v) is 16.9. The molecule has 0 radical (unpaired) electrons. The summed E-state index contributed by atoms with van der Waals surface area (Å²) in [6, 6.07) is 17.2. The van der Waals surface area contributed by atoms with Gasteiger partial charge in [-0.1, -0.05) is 35.3 Å². The van der Waals surface area contributed by atoms with Crippen molar-refractivity contribution in [1.82, 2.24) is 20.2 Å². The summed E-state index contributed by atoms with van der Waals surface area (Å²) in [5.41, 5.74) is 10.6. The molecule has 6 nitrogen and oxygen atoms in total. The highest BCUT2D eigenvalue weighted by atomic mass is 79.9. The fourth-order valence-electron chi connectivity index (χ4n) is 8.73. The monoisotopic (exact) mass is 852 g/mol. The number of rotatable bonds is 3. The molecule has 1 amide bonds. The molecule has 2 fully saturated rings. The van der Waals surface area contributed by atoms with Crippen LogP contribution >= 0.6 is 55.1 Å². The van der Waals surface area contributed by atoms with E-state index in [1.807, 2.05) is 36.4 Å². The number of aryl methyl sites for hydroxylation is 4. The van der Waals surface area contributed by atoms with Crippen LogP contribution in [-0.4, -0.2) is 53.7 Å². The van der Waals surface area contributed by atoms with Crippen LogP contribution in [0, 0.1) is 11.8 Å². The molecule has 268 valence electrons. The van der Waals surface area contributed by atoms with E-state index < -0.39 is 0 Å². The quantitative estimate of drug-likeness (QED) is 0.222. The van der Waals surface area contributed by atoms with Crippen molar-refractivity contribution in [3.63, 3.8) is 0 Å². The number of carbonyl (C=O) groups excluding carboxylic acids is 1. The minimum atomic E-state index is -0.198. The zero-order valence-electron chi connectivity index (χ0n) is 28.9. The number of nitrogens with one attached hydrogen (secondary N) is 1. The Kier molecular flexibility index (Phi) is 12.0. The molecule has 4 heterocycles. The molecular weight excluding hydrogens is 811 g/mol. The number of hydrogen-bond acceptors (Lipinski definition) is 5. The molecule has 2 aromatic heterocycles. The first-order valence-corrected chi connectivity index (χ1v) is 20.6. The summed E-state index contributed by atoms with van der Waals surface area (Å²) in [7, 11) is 0. The van der Waals surface area contributed by atoms with Crippen LogP contribution in [0.4, 0.5) is 4.79 Å². The number of piperidine rings is 2. The van der Waals surface area contributed by atoms with Crippen LogP contribution in [0.3, 0.4) is 0 Å². The van der Waals surface area contributed by atoms with Gasteiger partial charge in [0, 0.05) is 56.3 Å². The van der Waals surface area contributed by atoms with Crippen molar-refractivity contribution in [3.8, 4) is 0 Å². The SMILES string of the molecule is CCOC(=O)N1CCC(C2c3ccc(Cl)cc3CCc3cc(Br)cnc32)CC1.Clc1ccc2c(c1)CCc1cc(Br)cnc1C2C1CCNCC1. The van der Waals surface area contributed by atoms with Crippen LogP contribution in [0.1, 0.15) is 89.2 Å². The molecule has 0 spiro atoms. The first-order chi connectivity index (χ1) is 24.8. The summed E-state index contributed by atoms with van der Waals surface area (Å²) < 4.78 is 7.27. The van der Waals surface area contributed by atoms with Crippen LogP contribution in [0.15, 0.2) is 69.9 Å². The normalized spacial score (nSPS) is 20.4. The molecule has 2 aliphatic carbocycles. The molecule has 4 aromatic rings. The number of likely N-dealkylation sites (tertiary alicyclic amines) is 1. The summed E-state index contributed by atoms with van der Waals surface area (Å²) in [5, 5.41) is 5.11. The van der Waals surface area contributed by atoms with Gasteiger partial charge in [-0.05, 0) is 185 Å². The van der Waals surface area contributed by atoms with Crippen molar-refractivity contribution in [2.45, 2.75) is 70.1 Å². The molecule has 2 aromatic carbocycles. The fourth-order valence-corrected chi connectivity index (χ4v) is 9.87. The Balaban J connectivity index is 0.000000162. The summed E-state index contributed by atoms with van der Waals surface area (Å²) in [6.07, 6.45) is 12.0. The minimum absolute atomic E-state index is 0.198. The Hall–Kier alpha value is -2.49. The fraction of sp³-hybridized carbons (Fsp3) is 0.439. The molecule has 0 bridgehead atoms. The van der Waals surface area contributed by atoms with Gasteiger partial charge in [0.15, 0.2) is 0 Å². The molecule has 0 saturated carbocycles. The van der Waals surface area contributed by atoms with Crippen LogP contribution < -0.4 is 5.32 Å². The van der Waals surface area contributed by atoms with Crippen LogP contribution in [0.5, 0.6) is 0 Å². The average molecular weight is 856 g/mol. The maximum atomic E-state index is 12.1. The minimum Gasteiger partial charge on any atom is -0.450 e. The number of halogens is 4. The molecule has 2 saturated heterocycles. The Morgan fingerprint density at radius 2 is 1.22 bits per heavy atom. The second-order valence-electron chi connectivity index (χ2n) is 14.1. The van der Waals surface area contributed by atoms with Crippen LogP contribution in [0.2, 0.25) is 10.0 Å². The molecule has 2 unspecified atom stereocenters. The van der Waals surface area contributed by atoms with Crippen molar-refractivity contribution in [2.24, 2.45) is 11.8 Å². The first-order valence-electron chi connectivity index (χ1n) is 18.3. The zero-order valence-corrected chi connectivity index (χ0v) is 33.6. The van der Waals surface area contributed by atoms with E-state index in [9.17, 15) is 4.79 Å². The predicted molar refractivity (Wildman–Crippen MR) is 212 cm³/mol. The van der Waals surface area contributed by atoms with E-state index >= 15 is 0 Å². The summed E-state index contributed by atoms with van der Waals surface area (Å²) in [6.45, 7) is 5.94. The average Bonchev–Trinajstić information content (AvgIpc) is 3.39. The van der Waals surface area contributed by atoms with Gasteiger partial charge in [0.05, 0.1) is 18.0 Å². The number of nitrogens with zero attached hydrogens (tertiary/aromatic N) is 3. The highest BCUT2D eigenvalue weighted by Crippen LogP contribution is 2.44. The van der Waals surface area contributed by atoms with E-state index in [0.29, 0.717) is 24.4 Å². The largest absolute Gasteiger partial charge is 0.450 e. The van der Waals surface area contributed by atoms with Crippen molar-refractivity contribution >= 4 is 61.2 Å². The Bertz CT molecular complexity index is 1770. The summed E-state index contributed by atoms with van der Waals surface area (Å²) in [5.74, 6) is 1.73. The number of fused-ring (bicyclic) bond motifs is 4. The standard InChI is InChI=1S/C22H24BrClN2O2.C19H20BrClN2/c1-2-28-22(27)26-9-7-14(8-10-26)20-19-6-5-18(24)12-15(19)3-4-16-11-17(23)13-25-21(16)20;20-15-9-14-2-1-13-10-16(21)3-4-17(13)18(19(14)23-11-15)12-5-7-22-8-6-12/h5-6,11-14,20H,2-4,7-10H2,1H3;3-4,9-12,18,22H,1-2,5-8H2.